The first kappa shape index (κ1) is 14.4. The smallest absolute Gasteiger partial charge is 0.134 e. The van der Waals surface area contributed by atoms with Crippen molar-refractivity contribution in [3.05, 3.63) is 57.5 Å². The van der Waals surface area contributed by atoms with Crippen molar-refractivity contribution >= 4 is 22.3 Å². The van der Waals surface area contributed by atoms with Crippen LogP contribution in [0.25, 0.3) is 11.0 Å². The van der Waals surface area contributed by atoms with E-state index < -0.39 is 0 Å². The molecule has 1 unspecified atom stereocenters. The monoisotopic (exact) mass is 299 g/mol. The van der Waals surface area contributed by atoms with E-state index in [1.807, 2.05) is 0 Å². The molecular formula is C18H21NOS. The van der Waals surface area contributed by atoms with E-state index in [9.17, 15) is 0 Å². The van der Waals surface area contributed by atoms with Gasteiger partial charge in [-0.25, -0.2) is 0 Å². The Bertz CT molecular complexity index is 741. The van der Waals surface area contributed by atoms with Crippen LogP contribution < -0.4 is 5.32 Å². The minimum absolute atomic E-state index is 0.143. The van der Waals surface area contributed by atoms with E-state index in [1.54, 1.807) is 11.3 Å². The summed E-state index contributed by atoms with van der Waals surface area (Å²) in [6.45, 7) is 7.45. The molecule has 0 spiro atoms. The van der Waals surface area contributed by atoms with Gasteiger partial charge in [-0.1, -0.05) is 18.6 Å². The van der Waals surface area contributed by atoms with Crippen LogP contribution in [0.2, 0.25) is 0 Å². The van der Waals surface area contributed by atoms with Crippen LogP contribution in [0.4, 0.5) is 0 Å². The molecule has 2 heterocycles. The highest BCUT2D eigenvalue weighted by Gasteiger charge is 2.20. The molecule has 0 aliphatic rings. The number of rotatable bonds is 5. The van der Waals surface area contributed by atoms with Gasteiger partial charge in [0.05, 0.1) is 6.04 Å². The lowest BCUT2D eigenvalue weighted by Crippen LogP contribution is -2.22. The predicted molar refractivity (Wildman–Crippen MR) is 90.1 cm³/mol. The molecule has 0 radical (unpaired) electrons. The minimum Gasteiger partial charge on any atom is -0.459 e. The lowest BCUT2D eigenvalue weighted by Gasteiger charge is -2.16. The second kappa shape index (κ2) is 6.04. The van der Waals surface area contributed by atoms with Crippen molar-refractivity contribution in [2.75, 3.05) is 6.54 Å². The van der Waals surface area contributed by atoms with Crippen LogP contribution in [0.5, 0.6) is 0 Å². The Morgan fingerprint density at radius 3 is 2.76 bits per heavy atom. The first-order valence-corrected chi connectivity index (χ1v) is 8.39. The third-order valence-corrected chi connectivity index (χ3v) is 4.66. The number of furan rings is 1. The molecule has 0 bridgehead atoms. The molecule has 1 aromatic carbocycles. The molecule has 1 N–H and O–H groups in total. The summed E-state index contributed by atoms with van der Waals surface area (Å²) in [7, 11) is 0. The molecule has 0 saturated carbocycles. The Morgan fingerprint density at radius 2 is 2.05 bits per heavy atom. The van der Waals surface area contributed by atoms with Gasteiger partial charge in [0.25, 0.3) is 0 Å². The zero-order chi connectivity index (χ0) is 14.8. The molecule has 3 aromatic rings. The average molecular weight is 299 g/mol. The predicted octanol–water partition coefficient (Wildman–Crippen LogP) is 5.20. The normalized spacial score (nSPS) is 12.9. The lowest BCUT2D eigenvalue weighted by molar-refractivity contribution is 0.469. The van der Waals surface area contributed by atoms with Crippen LogP contribution in [0.3, 0.4) is 0 Å². The molecule has 1 atom stereocenters. The minimum atomic E-state index is 0.143. The molecule has 0 aliphatic heterocycles. The maximum absolute atomic E-state index is 6.10. The molecule has 0 saturated heterocycles. The Morgan fingerprint density at radius 1 is 1.19 bits per heavy atom. The van der Waals surface area contributed by atoms with Gasteiger partial charge < -0.3 is 9.73 Å². The second-order valence-electron chi connectivity index (χ2n) is 5.59. The lowest BCUT2D eigenvalue weighted by atomic mass is 10.0. The average Bonchev–Trinajstić information content (AvgIpc) is 3.06. The Hall–Kier alpha value is -1.58. The highest BCUT2D eigenvalue weighted by molar-refractivity contribution is 7.08. The fraction of sp³-hybridized carbons (Fsp3) is 0.333. The number of aryl methyl sites for hydroxylation is 2. The van der Waals surface area contributed by atoms with E-state index in [-0.39, 0.29) is 6.04 Å². The van der Waals surface area contributed by atoms with Crippen LogP contribution in [0.1, 0.15) is 41.8 Å². The van der Waals surface area contributed by atoms with Crippen LogP contribution >= 0.6 is 11.3 Å². The quantitative estimate of drug-likeness (QED) is 0.700. The Balaban J connectivity index is 2.03. The van der Waals surface area contributed by atoms with Crippen molar-refractivity contribution in [1.29, 1.82) is 0 Å². The molecule has 2 nitrogen and oxygen atoms in total. The van der Waals surface area contributed by atoms with Gasteiger partial charge >= 0.3 is 0 Å². The first-order valence-electron chi connectivity index (χ1n) is 7.45. The van der Waals surface area contributed by atoms with Gasteiger partial charge in [-0.2, -0.15) is 11.3 Å². The summed E-state index contributed by atoms with van der Waals surface area (Å²) in [6, 6.07) is 8.65. The number of fused-ring (bicyclic) bond motifs is 1. The van der Waals surface area contributed by atoms with E-state index in [1.165, 1.54) is 22.1 Å². The maximum atomic E-state index is 6.10. The van der Waals surface area contributed by atoms with Crippen molar-refractivity contribution < 1.29 is 4.42 Å². The third kappa shape index (κ3) is 2.89. The highest BCUT2D eigenvalue weighted by Crippen LogP contribution is 2.31. The number of nitrogens with one attached hydrogen (secondary N) is 1. The summed E-state index contributed by atoms with van der Waals surface area (Å²) in [6.07, 6.45) is 1.11. The summed E-state index contributed by atoms with van der Waals surface area (Å²) in [5.74, 6) is 1.01. The van der Waals surface area contributed by atoms with E-state index in [0.717, 1.165) is 24.3 Å². The summed E-state index contributed by atoms with van der Waals surface area (Å²) >= 11 is 1.75. The van der Waals surface area contributed by atoms with Gasteiger partial charge in [0, 0.05) is 5.39 Å². The summed E-state index contributed by atoms with van der Waals surface area (Å²) < 4.78 is 6.10. The Labute approximate surface area is 129 Å². The van der Waals surface area contributed by atoms with E-state index in [0.29, 0.717) is 0 Å². The van der Waals surface area contributed by atoms with Crippen molar-refractivity contribution in [3.8, 4) is 0 Å². The van der Waals surface area contributed by atoms with Crippen molar-refractivity contribution in [3.63, 3.8) is 0 Å². The van der Waals surface area contributed by atoms with E-state index in [2.05, 4.69) is 61.1 Å². The van der Waals surface area contributed by atoms with Gasteiger partial charge in [-0.3, -0.25) is 0 Å². The van der Waals surface area contributed by atoms with Crippen LogP contribution in [0, 0.1) is 13.8 Å². The zero-order valence-electron chi connectivity index (χ0n) is 12.8. The van der Waals surface area contributed by atoms with Crippen LogP contribution in [-0.4, -0.2) is 6.54 Å². The second-order valence-corrected chi connectivity index (χ2v) is 6.33. The Kier molecular flexibility index (Phi) is 4.13. The number of thiophene rings is 1. The largest absolute Gasteiger partial charge is 0.459 e. The molecule has 0 amide bonds. The molecule has 3 rings (SSSR count). The fourth-order valence-corrected chi connectivity index (χ4v) is 3.52. The fourth-order valence-electron chi connectivity index (χ4n) is 2.64. The number of hydrogen-bond acceptors (Lipinski definition) is 3. The molecule has 0 aliphatic carbocycles. The summed E-state index contributed by atoms with van der Waals surface area (Å²) in [5, 5.41) is 9.22. The van der Waals surface area contributed by atoms with E-state index >= 15 is 0 Å². The topological polar surface area (TPSA) is 25.2 Å². The molecule has 21 heavy (non-hydrogen) atoms. The van der Waals surface area contributed by atoms with Gasteiger partial charge in [0.1, 0.15) is 11.3 Å². The first-order chi connectivity index (χ1) is 10.2. The highest BCUT2D eigenvalue weighted by atomic mass is 32.1. The van der Waals surface area contributed by atoms with Crippen molar-refractivity contribution in [2.24, 2.45) is 0 Å². The van der Waals surface area contributed by atoms with Gasteiger partial charge in [0.2, 0.25) is 0 Å². The maximum Gasteiger partial charge on any atom is 0.134 e. The summed E-state index contributed by atoms with van der Waals surface area (Å²) in [5.41, 5.74) is 4.88. The van der Waals surface area contributed by atoms with Crippen molar-refractivity contribution in [2.45, 2.75) is 33.2 Å². The van der Waals surface area contributed by atoms with Gasteiger partial charge in [-0.15, -0.1) is 0 Å². The SMILES string of the molecule is CCCNC(c1cc2cc(C)ccc2o1)c1cscc1C. The number of hydrogen-bond donors (Lipinski definition) is 1. The van der Waals surface area contributed by atoms with Crippen LogP contribution in [-0.2, 0) is 0 Å². The van der Waals surface area contributed by atoms with Crippen molar-refractivity contribution in [1.82, 2.24) is 5.32 Å². The summed E-state index contributed by atoms with van der Waals surface area (Å²) in [4.78, 5) is 0. The third-order valence-electron chi connectivity index (χ3n) is 3.78. The van der Waals surface area contributed by atoms with E-state index in [4.69, 9.17) is 4.42 Å². The standard InChI is InChI=1S/C18H21NOS/c1-4-7-19-18(15-11-21-10-13(15)3)17-9-14-8-12(2)5-6-16(14)20-17/h5-6,8-11,18-19H,4,7H2,1-3H3. The molecule has 0 fully saturated rings. The molecule has 110 valence electrons. The van der Waals surface area contributed by atoms with Crippen LogP contribution in [0.15, 0.2) is 39.4 Å². The molecule has 3 heteroatoms. The number of benzene rings is 1. The zero-order valence-corrected chi connectivity index (χ0v) is 13.6. The van der Waals surface area contributed by atoms with Gasteiger partial charge in [0.15, 0.2) is 0 Å². The molecular weight excluding hydrogens is 278 g/mol. The van der Waals surface area contributed by atoms with Gasteiger partial charge in [-0.05, 0) is 66.9 Å². The molecule has 2 aromatic heterocycles.